The number of nitrogens with one attached hydrogen (secondary N) is 2. The van der Waals surface area contributed by atoms with Gasteiger partial charge in [0.1, 0.15) is 11.4 Å². The molecular weight excluding hydrogens is 250 g/mol. The summed E-state index contributed by atoms with van der Waals surface area (Å²) in [5.74, 6) is 1.73. The quantitative estimate of drug-likeness (QED) is 0.437. The lowest BCUT2D eigenvalue weighted by molar-refractivity contribution is 0.261. The maximum absolute atomic E-state index is 11.9. The Kier molecular flexibility index (Phi) is 3.37. The van der Waals surface area contributed by atoms with Crippen molar-refractivity contribution in [1.29, 1.82) is 0 Å². The van der Waals surface area contributed by atoms with Crippen LogP contribution in [-0.4, -0.2) is 40.6 Å². The molecule has 1 saturated heterocycles. The fourth-order valence-corrected chi connectivity index (χ4v) is 4.71. The Morgan fingerprint density at radius 2 is 2.50 bits per heavy atom. The summed E-state index contributed by atoms with van der Waals surface area (Å²) in [6, 6.07) is 0. The van der Waals surface area contributed by atoms with Crippen LogP contribution in [0.15, 0.2) is 17.0 Å². The number of alkyl halides is 1. The molecule has 2 N–H and O–H groups in total. The van der Waals surface area contributed by atoms with E-state index in [0.29, 0.717) is 13.1 Å². The summed E-state index contributed by atoms with van der Waals surface area (Å²) in [7, 11) is -2.06. The van der Waals surface area contributed by atoms with Gasteiger partial charge in [-0.05, 0) is 5.41 Å². The van der Waals surface area contributed by atoms with Gasteiger partial charge in [-0.1, -0.05) is 10.2 Å². The molecule has 16 heavy (non-hydrogen) atoms. The summed E-state index contributed by atoms with van der Waals surface area (Å²) >= 11 is 6.17. The Morgan fingerprint density at radius 3 is 3.06 bits per heavy atom. The average Bonchev–Trinajstić information content (AvgIpc) is 2.62. The number of nitrogens with zero attached hydrogens (tertiary/aromatic N) is 1. The van der Waals surface area contributed by atoms with Crippen molar-refractivity contribution in [3.05, 3.63) is 17.0 Å². The van der Waals surface area contributed by atoms with Crippen LogP contribution in [0.1, 0.15) is 0 Å². The topological polar surface area (TPSA) is 61.4 Å². The van der Waals surface area contributed by atoms with E-state index < -0.39 is 10.2 Å². The van der Waals surface area contributed by atoms with E-state index in [0.717, 1.165) is 6.54 Å². The van der Waals surface area contributed by atoms with Crippen LogP contribution in [0.4, 0.5) is 4.79 Å². The molecule has 2 aliphatic heterocycles. The van der Waals surface area contributed by atoms with Gasteiger partial charge in [-0.15, -0.1) is 11.6 Å². The molecule has 0 aromatic rings. The average molecular weight is 262 g/mol. The van der Waals surface area contributed by atoms with Gasteiger partial charge in [0.25, 0.3) is 5.24 Å². The normalized spacial score (nSPS) is 38.6. The minimum Gasteiger partial charge on any atom is -0.323 e. The van der Waals surface area contributed by atoms with Crippen LogP contribution in [-0.2, 0) is 4.79 Å². The van der Waals surface area contributed by atoms with E-state index in [1.165, 1.54) is 5.41 Å². The second-order valence-electron chi connectivity index (χ2n) is 3.42. The van der Waals surface area contributed by atoms with E-state index in [9.17, 15) is 9.59 Å². The number of amides is 1. The molecule has 0 aromatic heterocycles. The van der Waals surface area contributed by atoms with Gasteiger partial charge >= 0.3 is 0 Å². The van der Waals surface area contributed by atoms with Gasteiger partial charge in [-0.25, -0.2) is 9.10 Å². The Morgan fingerprint density at radius 1 is 1.69 bits per heavy atom. The number of halogens is 1. The first-order chi connectivity index (χ1) is 7.70. The van der Waals surface area contributed by atoms with Crippen LogP contribution < -0.4 is 10.6 Å². The largest absolute Gasteiger partial charge is 0.323 e. The molecule has 88 valence electrons. The molecule has 1 fully saturated rings. The maximum Gasteiger partial charge on any atom is 0.286 e. The lowest BCUT2D eigenvalue weighted by Crippen LogP contribution is -2.49. The molecule has 0 aliphatic carbocycles. The predicted octanol–water partition coefficient (Wildman–Crippen LogP) is 0.716. The number of piperazine rings is 1. The highest BCUT2D eigenvalue weighted by Gasteiger charge is 2.41. The number of carbonyl (C=O) groups is 1. The molecule has 2 rings (SSSR count). The molecule has 2 aliphatic rings. The van der Waals surface area contributed by atoms with Crippen LogP contribution in [0, 0.1) is 0 Å². The van der Waals surface area contributed by atoms with Gasteiger partial charge in [0.05, 0.1) is 5.41 Å². The molecular formula is C9H12ClN3O2S. The smallest absolute Gasteiger partial charge is 0.286 e. The number of hydrogen-bond acceptors (Lipinski definition) is 4. The molecule has 2 unspecified atom stereocenters. The number of rotatable bonds is 2. The molecule has 0 aromatic carbocycles. The Bertz CT molecular complexity index is 383. The third-order valence-electron chi connectivity index (χ3n) is 2.52. The van der Waals surface area contributed by atoms with Crippen LogP contribution in [0.3, 0.4) is 0 Å². The summed E-state index contributed by atoms with van der Waals surface area (Å²) in [6.45, 7) is 2.00. The summed E-state index contributed by atoms with van der Waals surface area (Å²) < 4.78 is 1.87. The SMILES string of the molecule is O=C=CS1(N2CCNCC2Cl)C=CNC1=O. The Labute approximate surface area is 99.9 Å². The maximum atomic E-state index is 11.9. The lowest BCUT2D eigenvalue weighted by Gasteiger charge is -2.44. The molecule has 0 saturated carbocycles. The Hall–Kier alpha value is -0.780. The van der Waals surface area contributed by atoms with E-state index in [-0.39, 0.29) is 10.7 Å². The van der Waals surface area contributed by atoms with Crippen molar-refractivity contribution in [2.75, 3.05) is 19.6 Å². The van der Waals surface area contributed by atoms with Crippen LogP contribution in [0.25, 0.3) is 0 Å². The molecule has 0 spiro atoms. The fourth-order valence-electron chi connectivity index (χ4n) is 1.77. The summed E-state index contributed by atoms with van der Waals surface area (Å²) in [5.41, 5.74) is -0.290. The second kappa shape index (κ2) is 4.61. The van der Waals surface area contributed by atoms with Gasteiger partial charge in [-0.2, -0.15) is 0 Å². The zero-order valence-electron chi connectivity index (χ0n) is 8.48. The molecule has 1 amide bonds. The third-order valence-corrected chi connectivity index (χ3v) is 5.96. The van der Waals surface area contributed by atoms with Crippen molar-refractivity contribution in [1.82, 2.24) is 14.9 Å². The van der Waals surface area contributed by atoms with E-state index in [1.54, 1.807) is 17.5 Å². The molecule has 2 atom stereocenters. The highest BCUT2D eigenvalue weighted by atomic mass is 35.5. The summed E-state index contributed by atoms with van der Waals surface area (Å²) in [5, 5.41) is 8.58. The van der Waals surface area contributed by atoms with Crippen molar-refractivity contribution < 1.29 is 9.59 Å². The first-order valence-corrected chi connectivity index (χ1v) is 6.99. The third kappa shape index (κ3) is 1.79. The molecule has 0 bridgehead atoms. The highest BCUT2D eigenvalue weighted by Crippen LogP contribution is 2.58. The number of hydrogen-bond donors (Lipinski definition) is 2. The van der Waals surface area contributed by atoms with Crippen molar-refractivity contribution in [2.24, 2.45) is 0 Å². The molecule has 7 heteroatoms. The van der Waals surface area contributed by atoms with Gasteiger partial charge in [-0.3, -0.25) is 4.79 Å². The van der Waals surface area contributed by atoms with Crippen LogP contribution in [0.5, 0.6) is 0 Å². The van der Waals surface area contributed by atoms with E-state index in [4.69, 9.17) is 11.6 Å². The van der Waals surface area contributed by atoms with E-state index >= 15 is 0 Å². The van der Waals surface area contributed by atoms with Crippen molar-refractivity contribution in [3.8, 4) is 0 Å². The monoisotopic (exact) mass is 261 g/mol. The molecule has 2 heterocycles. The van der Waals surface area contributed by atoms with E-state index in [2.05, 4.69) is 10.6 Å². The van der Waals surface area contributed by atoms with Gasteiger partial charge in [0.2, 0.25) is 0 Å². The minimum absolute atomic E-state index is 0.177. The summed E-state index contributed by atoms with van der Waals surface area (Å²) in [4.78, 5) is 22.5. The van der Waals surface area contributed by atoms with Gasteiger partial charge in [0, 0.05) is 25.8 Å². The molecule has 5 nitrogen and oxygen atoms in total. The summed E-state index contributed by atoms with van der Waals surface area (Å²) in [6.07, 6.45) is 1.57. The fraction of sp³-hybridized carbons (Fsp3) is 0.444. The van der Waals surface area contributed by atoms with Gasteiger partial charge in [0.15, 0.2) is 0 Å². The predicted molar refractivity (Wildman–Crippen MR) is 64.7 cm³/mol. The molecule has 0 radical (unpaired) electrons. The lowest BCUT2D eigenvalue weighted by atomic mass is 10.4. The van der Waals surface area contributed by atoms with Crippen LogP contribution in [0.2, 0.25) is 0 Å². The first-order valence-electron chi connectivity index (χ1n) is 4.84. The van der Waals surface area contributed by atoms with Crippen LogP contribution >= 0.6 is 21.8 Å². The van der Waals surface area contributed by atoms with E-state index in [1.807, 2.05) is 4.31 Å². The Balaban J connectivity index is 2.35. The van der Waals surface area contributed by atoms with Gasteiger partial charge < -0.3 is 10.6 Å². The zero-order chi connectivity index (χ0) is 11.6. The number of carbonyl (C=O) groups excluding carboxylic acids is 2. The van der Waals surface area contributed by atoms with Crippen molar-refractivity contribution in [2.45, 2.75) is 5.50 Å². The van der Waals surface area contributed by atoms with Crippen molar-refractivity contribution in [3.63, 3.8) is 0 Å². The zero-order valence-corrected chi connectivity index (χ0v) is 10.1. The minimum atomic E-state index is -2.06. The standard InChI is InChI=1S/C9H12ClN3O2S/c10-8-7-11-1-3-13(8)16(6-4-14)5-2-12-9(16)15/h2,5-6,8,11H,1,3,7H2,(H,12,15). The highest BCUT2D eigenvalue weighted by molar-refractivity contribution is 8.48. The van der Waals surface area contributed by atoms with Crippen molar-refractivity contribution >= 4 is 33.0 Å². The second-order valence-corrected chi connectivity index (χ2v) is 6.62. The first kappa shape index (κ1) is 11.7.